The number of benzene rings is 1. The molecule has 0 bridgehead atoms. The maximum Gasteiger partial charge on any atom is 0.373 e. The quantitative estimate of drug-likeness (QED) is 0.519. The normalized spacial score (nSPS) is 11.1. The van der Waals surface area contributed by atoms with E-state index in [1.54, 1.807) is 6.92 Å². The van der Waals surface area contributed by atoms with Crippen molar-refractivity contribution in [1.29, 1.82) is 0 Å². The summed E-state index contributed by atoms with van der Waals surface area (Å²) in [7, 11) is 0. The van der Waals surface area contributed by atoms with E-state index in [-0.39, 0.29) is 18.2 Å². The minimum absolute atomic E-state index is 0.122. The number of halogens is 1. The first-order valence-electron chi connectivity index (χ1n) is 6.41. The van der Waals surface area contributed by atoms with Gasteiger partial charge in [-0.05, 0) is 31.2 Å². The number of aliphatic hydroxyl groups is 1. The molecule has 1 aromatic carbocycles. The summed E-state index contributed by atoms with van der Waals surface area (Å²) in [5.74, 6) is -0.913. The molecule has 0 aliphatic heterocycles. The zero-order valence-corrected chi connectivity index (χ0v) is 11.7. The Morgan fingerprint density at radius 3 is 2.45 bits per heavy atom. The lowest BCUT2D eigenvalue weighted by Crippen LogP contribution is -2.07. The summed E-state index contributed by atoms with van der Waals surface area (Å²) in [5, 5.41) is 9.47. The smallest absolute Gasteiger partial charge is 0.373 e. The molecule has 7 heteroatoms. The molecule has 2 rings (SSSR count). The highest BCUT2D eigenvalue weighted by molar-refractivity contribution is 5.90. The Balaban J connectivity index is 2.05. The Hall–Kier alpha value is -2.96. The minimum atomic E-state index is -0.849. The summed E-state index contributed by atoms with van der Waals surface area (Å²) >= 11 is 0. The molecule has 0 aliphatic carbocycles. The average molecular weight is 304 g/mol. The fraction of sp³-hybridized carbons (Fsp3) is 0.133. The largest absolute Gasteiger partial charge is 0.502 e. The predicted molar refractivity (Wildman–Crippen MR) is 75.7 cm³/mol. The van der Waals surface area contributed by atoms with Crippen LogP contribution in [0.5, 0.6) is 11.5 Å². The molecule has 0 amide bonds. The SMILES string of the molecule is CCOC(=O)/C(O)=C/c1ncc(Oc2ccc(F)cc2)cn1. The van der Waals surface area contributed by atoms with Gasteiger partial charge in [-0.15, -0.1) is 0 Å². The van der Waals surface area contributed by atoms with E-state index in [1.807, 2.05) is 0 Å². The monoisotopic (exact) mass is 304 g/mol. The maximum atomic E-state index is 12.8. The molecular weight excluding hydrogens is 291 g/mol. The molecule has 0 unspecified atom stereocenters. The third kappa shape index (κ3) is 4.27. The zero-order chi connectivity index (χ0) is 15.9. The van der Waals surface area contributed by atoms with Gasteiger partial charge in [0.05, 0.1) is 19.0 Å². The Labute approximate surface area is 125 Å². The number of esters is 1. The number of hydrogen-bond acceptors (Lipinski definition) is 6. The van der Waals surface area contributed by atoms with Gasteiger partial charge in [0.25, 0.3) is 0 Å². The first-order chi connectivity index (χ1) is 10.6. The molecular formula is C15H13FN2O4. The second kappa shape index (κ2) is 7.16. The van der Waals surface area contributed by atoms with Gasteiger partial charge in [-0.1, -0.05) is 0 Å². The molecule has 1 aromatic heterocycles. The van der Waals surface area contributed by atoms with Crippen LogP contribution < -0.4 is 4.74 Å². The molecule has 6 nitrogen and oxygen atoms in total. The van der Waals surface area contributed by atoms with Gasteiger partial charge in [0.15, 0.2) is 11.6 Å². The van der Waals surface area contributed by atoms with Crippen molar-refractivity contribution in [1.82, 2.24) is 9.97 Å². The summed E-state index contributed by atoms with van der Waals surface area (Å²) in [6, 6.07) is 5.47. The van der Waals surface area contributed by atoms with E-state index in [9.17, 15) is 14.3 Å². The van der Waals surface area contributed by atoms with Crippen LogP contribution in [0.25, 0.3) is 6.08 Å². The fourth-order valence-electron chi connectivity index (χ4n) is 1.48. The van der Waals surface area contributed by atoms with Crippen LogP contribution in [0.2, 0.25) is 0 Å². The highest BCUT2D eigenvalue weighted by Gasteiger charge is 2.09. The first kappa shape index (κ1) is 15.4. The summed E-state index contributed by atoms with van der Waals surface area (Å²) in [6.07, 6.45) is 3.81. The second-order valence-electron chi connectivity index (χ2n) is 4.08. The van der Waals surface area contributed by atoms with Gasteiger partial charge < -0.3 is 14.6 Å². The average Bonchev–Trinajstić information content (AvgIpc) is 2.51. The van der Waals surface area contributed by atoms with Gasteiger partial charge in [0.1, 0.15) is 11.6 Å². The van der Waals surface area contributed by atoms with Crippen LogP contribution in [-0.2, 0) is 9.53 Å². The van der Waals surface area contributed by atoms with E-state index in [0.717, 1.165) is 6.08 Å². The number of nitrogens with zero attached hydrogens (tertiary/aromatic N) is 2. The Morgan fingerprint density at radius 2 is 1.86 bits per heavy atom. The molecule has 0 saturated heterocycles. The third-order valence-corrected chi connectivity index (χ3v) is 2.45. The van der Waals surface area contributed by atoms with E-state index in [0.29, 0.717) is 11.5 Å². The first-order valence-corrected chi connectivity index (χ1v) is 6.41. The van der Waals surface area contributed by atoms with Crippen molar-refractivity contribution in [2.45, 2.75) is 6.92 Å². The van der Waals surface area contributed by atoms with Crippen molar-refractivity contribution >= 4 is 12.0 Å². The van der Waals surface area contributed by atoms with Gasteiger partial charge in [0.2, 0.25) is 5.76 Å². The molecule has 22 heavy (non-hydrogen) atoms. The van der Waals surface area contributed by atoms with Crippen molar-refractivity contribution in [2.24, 2.45) is 0 Å². The van der Waals surface area contributed by atoms with Crippen LogP contribution in [0.3, 0.4) is 0 Å². The highest BCUT2D eigenvalue weighted by atomic mass is 19.1. The molecule has 114 valence electrons. The van der Waals surface area contributed by atoms with Gasteiger partial charge in [-0.25, -0.2) is 19.2 Å². The Morgan fingerprint density at radius 1 is 1.23 bits per heavy atom. The van der Waals surface area contributed by atoms with Crippen molar-refractivity contribution in [2.75, 3.05) is 6.61 Å². The van der Waals surface area contributed by atoms with Crippen molar-refractivity contribution < 1.29 is 23.8 Å². The van der Waals surface area contributed by atoms with Crippen LogP contribution in [0.15, 0.2) is 42.4 Å². The number of carbonyl (C=O) groups excluding carboxylic acids is 1. The van der Waals surface area contributed by atoms with Gasteiger partial charge >= 0.3 is 5.97 Å². The lowest BCUT2D eigenvalue weighted by molar-refractivity contribution is -0.141. The summed E-state index contributed by atoms with van der Waals surface area (Å²) in [5.41, 5.74) is 0. The third-order valence-electron chi connectivity index (χ3n) is 2.45. The maximum absolute atomic E-state index is 12.8. The molecule has 0 atom stereocenters. The fourth-order valence-corrected chi connectivity index (χ4v) is 1.48. The van der Waals surface area contributed by atoms with Crippen LogP contribution in [0.4, 0.5) is 4.39 Å². The summed E-state index contributed by atoms with van der Waals surface area (Å²) in [6.45, 7) is 1.78. The van der Waals surface area contributed by atoms with Crippen LogP contribution in [-0.4, -0.2) is 27.7 Å². The molecule has 2 aromatic rings. The molecule has 1 heterocycles. The number of aromatic nitrogens is 2. The number of ether oxygens (including phenoxy) is 2. The molecule has 0 saturated carbocycles. The Bertz CT molecular complexity index is 669. The van der Waals surface area contributed by atoms with Crippen LogP contribution in [0, 0.1) is 5.82 Å². The predicted octanol–water partition coefficient (Wildman–Crippen LogP) is 2.87. The second-order valence-corrected chi connectivity index (χ2v) is 4.08. The van der Waals surface area contributed by atoms with E-state index in [1.165, 1.54) is 36.7 Å². The Kier molecular flexibility index (Phi) is 5.02. The molecule has 0 fully saturated rings. The van der Waals surface area contributed by atoms with Crippen LogP contribution in [0.1, 0.15) is 12.7 Å². The van der Waals surface area contributed by atoms with E-state index in [4.69, 9.17) is 4.74 Å². The van der Waals surface area contributed by atoms with E-state index in [2.05, 4.69) is 14.7 Å². The minimum Gasteiger partial charge on any atom is -0.502 e. The number of rotatable bonds is 5. The van der Waals surface area contributed by atoms with Crippen LogP contribution >= 0.6 is 0 Å². The number of hydrogen-bond donors (Lipinski definition) is 1. The summed E-state index contributed by atoms with van der Waals surface area (Å²) < 4.78 is 22.8. The van der Waals surface area contributed by atoms with Crippen molar-refractivity contribution in [3.63, 3.8) is 0 Å². The number of carbonyl (C=O) groups is 1. The van der Waals surface area contributed by atoms with E-state index >= 15 is 0 Å². The molecule has 1 N–H and O–H groups in total. The summed E-state index contributed by atoms with van der Waals surface area (Å²) in [4.78, 5) is 19.1. The highest BCUT2D eigenvalue weighted by Crippen LogP contribution is 2.20. The molecule has 0 aliphatic rings. The van der Waals surface area contributed by atoms with Gasteiger partial charge in [-0.2, -0.15) is 0 Å². The topological polar surface area (TPSA) is 81.5 Å². The zero-order valence-electron chi connectivity index (χ0n) is 11.7. The van der Waals surface area contributed by atoms with Gasteiger partial charge in [-0.3, -0.25) is 0 Å². The van der Waals surface area contributed by atoms with Crippen molar-refractivity contribution in [3.05, 3.63) is 54.1 Å². The van der Waals surface area contributed by atoms with E-state index < -0.39 is 11.7 Å². The molecule has 0 spiro atoms. The lowest BCUT2D eigenvalue weighted by Gasteiger charge is -2.04. The standard InChI is InChI=1S/C15H13FN2O4/c1-2-21-15(20)13(19)7-14-17-8-12(9-18-14)22-11-5-3-10(16)4-6-11/h3-9,19H,2H2,1H3/b13-7-. The number of aliphatic hydroxyl groups excluding tert-OH is 1. The molecule has 0 radical (unpaired) electrons. The van der Waals surface area contributed by atoms with Crippen molar-refractivity contribution in [3.8, 4) is 11.5 Å². The lowest BCUT2D eigenvalue weighted by atomic mass is 10.3. The van der Waals surface area contributed by atoms with Gasteiger partial charge in [0, 0.05) is 6.08 Å².